The van der Waals surface area contributed by atoms with Crippen LogP contribution in [0.2, 0.25) is 0 Å². The topological polar surface area (TPSA) is 89.5 Å². The molecule has 0 spiro atoms. The molecule has 2 heterocycles. The molecule has 2 aliphatic rings. The van der Waals surface area contributed by atoms with Crippen molar-refractivity contribution in [2.24, 2.45) is 5.92 Å². The molecule has 29 heavy (non-hydrogen) atoms. The molecule has 6 nitrogen and oxygen atoms in total. The number of ether oxygens (including phenoxy) is 1. The summed E-state index contributed by atoms with van der Waals surface area (Å²) in [5.74, 6) is 0.228. The Morgan fingerprint density at radius 2 is 1.83 bits per heavy atom. The van der Waals surface area contributed by atoms with Crippen molar-refractivity contribution in [1.82, 2.24) is 5.32 Å². The van der Waals surface area contributed by atoms with Gasteiger partial charge in [-0.25, -0.2) is 16.8 Å². The van der Waals surface area contributed by atoms with E-state index in [2.05, 4.69) is 5.32 Å². The third kappa shape index (κ3) is 4.30. The number of hydrogen-bond donors (Lipinski definition) is 1. The van der Waals surface area contributed by atoms with Gasteiger partial charge in [0.15, 0.2) is 19.7 Å². The van der Waals surface area contributed by atoms with Gasteiger partial charge in [-0.15, -0.1) is 12.4 Å². The molecule has 2 unspecified atom stereocenters. The lowest BCUT2D eigenvalue weighted by Gasteiger charge is -2.24. The first-order valence-electron chi connectivity index (χ1n) is 9.38. The van der Waals surface area contributed by atoms with E-state index >= 15 is 0 Å². The molecular formula is C20H24ClNO5S2. The Kier molecular flexibility index (Phi) is 6.57. The monoisotopic (exact) mass is 457 g/mol. The van der Waals surface area contributed by atoms with Crippen molar-refractivity contribution >= 4 is 32.1 Å². The predicted molar refractivity (Wildman–Crippen MR) is 113 cm³/mol. The molecule has 2 aliphatic heterocycles. The number of halogens is 1. The van der Waals surface area contributed by atoms with Crippen molar-refractivity contribution in [3.05, 3.63) is 54.1 Å². The van der Waals surface area contributed by atoms with E-state index < -0.39 is 30.7 Å². The summed E-state index contributed by atoms with van der Waals surface area (Å²) in [4.78, 5) is 0.186. The first-order valence-corrected chi connectivity index (χ1v) is 12.6. The van der Waals surface area contributed by atoms with Crippen LogP contribution in [0.15, 0.2) is 58.3 Å². The summed E-state index contributed by atoms with van der Waals surface area (Å²) in [5.41, 5.74) is 0.273. The van der Waals surface area contributed by atoms with Crippen LogP contribution in [-0.2, 0) is 19.7 Å². The molecular weight excluding hydrogens is 434 g/mol. The quantitative estimate of drug-likeness (QED) is 0.742. The summed E-state index contributed by atoms with van der Waals surface area (Å²) >= 11 is 0. The average molecular weight is 458 g/mol. The first-order chi connectivity index (χ1) is 13.4. The second-order valence-corrected chi connectivity index (χ2v) is 11.5. The highest BCUT2D eigenvalue weighted by atomic mass is 35.5. The van der Waals surface area contributed by atoms with Crippen LogP contribution < -0.4 is 10.1 Å². The Morgan fingerprint density at radius 3 is 2.52 bits per heavy atom. The summed E-state index contributed by atoms with van der Waals surface area (Å²) in [6.07, 6.45) is 2.10. The Labute approximate surface area is 177 Å². The summed E-state index contributed by atoms with van der Waals surface area (Å²) in [6.45, 7) is 2.27. The zero-order valence-corrected chi connectivity index (χ0v) is 18.2. The molecule has 158 valence electrons. The Morgan fingerprint density at radius 1 is 1.07 bits per heavy atom. The fourth-order valence-corrected chi connectivity index (χ4v) is 8.26. The normalized spacial score (nSPS) is 23.0. The SMILES string of the molecule is Cl.O=S1(=O)CC(S(=O)(=O)c2ccccc2)c2c(OCC3CCCNC3)cccc21. The maximum absolute atomic E-state index is 13.2. The third-order valence-corrected chi connectivity index (χ3v) is 9.46. The molecule has 1 saturated heterocycles. The van der Waals surface area contributed by atoms with Crippen LogP contribution in [0.25, 0.3) is 0 Å². The van der Waals surface area contributed by atoms with Crippen molar-refractivity contribution < 1.29 is 21.6 Å². The van der Waals surface area contributed by atoms with E-state index in [-0.39, 0.29) is 27.8 Å². The number of fused-ring (bicyclic) bond motifs is 1. The van der Waals surface area contributed by atoms with Crippen molar-refractivity contribution in [2.45, 2.75) is 27.9 Å². The number of hydrogen-bond acceptors (Lipinski definition) is 6. The Bertz CT molecular complexity index is 1070. The van der Waals surface area contributed by atoms with Crippen LogP contribution in [-0.4, -0.2) is 42.3 Å². The van der Waals surface area contributed by atoms with Crippen molar-refractivity contribution in [2.75, 3.05) is 25.4 Å². The molecule has 1 fully saturated rings. The van der Waals surface area contributed by atoms with E-state index in [0.29, 0.717) is 18.3 Å². The van der Waals surface area contributed by atoms with E-state index in [1.165, 1.54) is 18.2 Å². The van der Waals surface area contributed by atoms with Gasteiger partial charge in [0.25, 0.3) is 0 Å². The highest BCUT2D eigenvalue weighted by Crippen LogP contribution is 2.45. The number of benzene rings is 2. The first kappa shape index (κ1) is 22.1. The Balaban J connectivity index is 0.00000240. The van der Waals surface area contributed by atoms with E-state index in [0.717, 1.165) is 25.9 Å². The summed E-state index contributed by atoms with van der Waals surface area (Å²) < 4.78 is 57.7. The molecule has 4 rings (SSSR count). The molecule has 0 bridgehead atoms. The molecule has 0 radical (unpaired) electrons. The lowest BCUT2D eigenvalue weighted by atomic mass is 10.0. The summed E-state index contributed by atoms with van der Waals surface area (Å²) in [7, 11) is -7.54. The fraction of sp³-hybridized carbons (Fsp3) is 0.400. The second-order valence-electron chi connectivity index (χ2n) is 7.32. The van der Waals surface area contributed by atoms with Gasteiger partial charge >= 0.3 is 0 Å². The molecule has 2 atom stereocenters. The molecule has 0 saturated carbocycles. The third-order valence-electron chi connectivity index (χ3n) is 5.37. The van der Waals surface area contributed by atoms with Crippen LogP contribution >= 0.6 is 12.4 Å². The highest BCUT2D eigenvalue weighted by molar-refractivity contribution is 7.96. The van der Waals surface area contributed by atoms with Crippen molar-refractivity contribution in [3.8, 4) is 5.75 Å². The van der Waals surface area contributed by atoms with Gasteiger partial charge in [0, 0.05) is 18.0 Å². The molecule has 2 aromatic rings. The van der Waals surface area contributed by atoms with E-state index in [9.17, 15) is 16.8 Å². The minimum Gasteiger partial charge on any atom is -0.493 e. The lowest BCUT2D eigenvalue weighted by molar-refractivity contribution is 0.216. The van der Waals surface area contributed by atoms with Crippen LogP contribution in [0.5, 0.6) is 5.75 Å². The zero-order chi connectivity index (χ0) is 19.8. The summed E-state index contributed by atoms with van der Waals surface area (Å²) in [6, 6.07) is 12.7. The van der Waals surface area contributed by atoms with Crippen molar-refractivity contribution in [3.63, 3.8) is 0 Å². The molecule has 0 aromatic heterocycles. The van der Waals surface area contributed by atoms with Crippen LogP contribution in [0.3, 0.4) is 0 Å². The smallest absolute Gasteiger partial charge is 0.186 e. The lowest BCUT2D eigenvalue weighted by Crippen LogP contribution is -2.33. The maximum atomic E-state index is 13.2. The number of nitrogens with one attached hydrogen (secondary N) is 1. The number of sulfone groups is 2. The fourth-order valence-electron chi connectivity index (χ4n) is 3.90. The number of rotatable bonds is 5. The number of piperidine rings is 1. The highest BCUT2D eigenvalue weighted by Gasteiger charge is 2.45. The minimum atomic E-state index is -3.86. The zero-order valence-electron chi connectivity index (χ0n) is 15.8. The van der Waals surface area contributed by atoms with Gasteiger partial charge in [-0.3, -0.25) is 0 Å². The standard InChI is InChI=1S/C20H23NO5S2.ClH/c22-27(23)14-19(28(24,25)16-7-2-1-3-8-16)20-17(9-4-10-18(20)27)26-13-15-6-5-11-21-12-15;/h1-4,7-10,15,19,21H,5-6,11-14H2;1H. The predicted octanol–water partition coefficient (Wildman–Crippen LogP) is 2.79. The van der Waals surface area contributed by atoms with Gasteiger partial charge in [-0.05, 0) is 43.7 Å². The van der Waals surface area contributed by atoms with E-state index in [4.69, 9.17) is 4.74 Å². The maximum Gasteiger partial charge on any atom is 0.186 e. The average Bonchev–Trinajstić information content (AvgIpc) is 3.00. The van der Waals surface area contributed by atoms with Crippen LogP contribution in [0, 0.1) is 5.92 Å². The molecule has 0 aliphatic carbocycles. The summed E-state index contributed by atoms with van der Waals surface area (Å²) in [5, 5.41) is 2.16. The van der Waals surface area contributed by atoms with Crippen LogP contribution in [0.4, 0.5) is 0 Å². The van der Waals surface area contributed by atoms with Gasteiger partial charge in [-0.2, -0.15) is 0 Å². The molecule has 2 aromatic carbocycles. The van der Waals surface area contributed by atoms with Gasteiger partial charge < -0.3 is 10.1 Å². The van der Waals surface area contributed by atoms with Gasteiger partial charge in [0.05, 0.1) is 22.2 Å². The van der Waals surface area contributed by atoms with Gasteiger partial charge in [-0.1, -0.05) is 24.3 Å². The second kappa shape index (κ2) is 8.63. The largest absolute Gasteiger partial charge is 0.493 e. The van der Waals surface area contributed by atoms with Crippen LogP contribution in [0.1, 0.15) is 23.7 Å². The van der Waals surface area contributed by atoms with Gasteiger partial charge in [0.2, 0.25) is 0 Å². The molecule has 1 N–H and O–H groups in total. The molecule has 9 heteroatoms. The van der Waals surface area contributed by atoms with Gasteiger partial charge in [0.1, 0.15) is 11.0 Å². The van der Waals surface area contributed by atoms with Crippen molar-refractivity contribution in [1.29, 1.82) is 0 Å². The minimum absolute atomic E-state index is 0. The van der Waals surface area contributed by atoms with E-state index in [1.807, 2.05) is 0 Å². The van der Waals surface area contributed by atoms with E-state index in [1.54, 1.807) is 30.3 Å². The Hall–Kier alpha value is -1.61. The molecule has 0 amide bonds.